The third kappa shape index (κ3) is 9.61. The van der Waals surface area contributed by atoms with Crippen LogP contribution in [0.5, 0.6) is 0 Å². The fourth-order valence-corrected chi connectivity index (χ4v) is 1.24. The Balaban J connectivity index is 0.000000223. The molecule has 0 unspecified atom stereocenters. The second-order valence-electron chi connectivity index (χ2n) is 2.98. The van der Waals surface area contributed by atoms with Gasteiger partial charge in [-0.2, -0.15) is 0 Å². The van der Waals surface area contributed by atoms with Gasteiger partial charge < -0.3 is 4.57 Å². The van der Waals surface area contributed by atoms with Crippen LogP contribution in [-0.4, -0.2) is 14.9 Å². The average Bonchev–Trinajstić information content (AvgIpc) is 2.58. The monoisotopic (exact) mass is 246 g/mol. The fourth-order valence-electron chi connectivity index (χ4n) is 0.847. The molecule has 0 radical (unpaired) electrons. The lowest BCUT2D eigenvalue weighted by Gasteiger charge is -1.89. The molecular weight excluding hydrogens is 228 g/mol. The van der Waals surface area contributed by atoms with E-state index < -0.39 is 0 Å². The molecular formula is C10H19BrN2. The number of halogens is 1. The summed E-state index contributed by atoms with van der Waals surface area (Å²) in [6.45, 7) is 2.23. The van der Waals surface area contributed by atoms with Crippen LogP contribution in [0.1, 0.15) is 32.6 Å². The number of aromatic nitrogens is 2. The summed E-state index contributed by atoms with van der Waals surface area (Å²) in [7, 11) is 1.94. The molecule has 0 atom stereocenters. The Morgan fingerprint density at radius 1 is 1.31 bits per heavy atom. The number of imidazole rings is 1. The molecule has 0 amide bonds. The van der Waals surface area contributed by atoms with E-state index in [1.807, 2.05) is 17.8 Å². The second kappa shape index (κ2) is 9.78. The van der Waals surface area contributed by atoms with Crippen LogP contribution in [0.25, 0.3) is 0 Å². The minimum Gasteiger partial charge on any atom is -0.341 e. The van der Waals surface area contributed by atoms with E-state index >= 15 is 0 Å². The molecule has 1 aromatic heterocycles. The van der Waals surface area contributed by atoms with Gasteiger partial charge in [0.05, 0.1) is 6.33 Å². The van der Waals surface area contributed by atoms with Crippen LogP contribution in [-0.2, 0) is 7.05 Å². The number of aryl methyl sites for hydroxylation is 1. The minimum atomic E-state index is 1.17. The molecule has 0 aliphatic rings. The van der Waals surface area contributed by atoms with Gasteiger partial charge in [-0.25, -0.2) is 4.98 Å². The molecule has 76 valence electrons. The van der Waals surface area contributed by atoms with Crippen molar-refractivity contribution in [3.05, 3.63) is 18.7 Å². The number of hydrogen-bond donors (Lipinski definition) is 0. The normalized spacial score (nSPS) is 9.15. The minimum absolute atomic E-state index is 1.17. The Kier molecular flexibility index (Phi) is 9.54. The number of nitrogens with zero attached hydrogens (tertiary/aromatic N) is 2. The third-order valence-electron chi connectivity index (χ3n) is 1.62. The number of rotatable bonds is 4. The van der Waals surface area contributed by atoms with Gasteiger partial charge in [0.1, 0.15) is 0 Å². The molecule has 3 heteroatoms. The standard InChI is InChI=1S/C6H13Br.C4H6N2/c1-2-3-4-5-6-7;1-6-3-2-5-4-6/h2-6H2,1H3;2-4H,1H3. The quantitative estimate of drug-likeness (QED) is 0.589. The van der Waals surface area contributed by atoms with E-state index in [0.717, 1.165) is 0 Å². The van der Waals surface area contributed by atoms with Crippen molar-refractivity contribution in [3.63, 3.8) is 0 Å². The first-order valence-corrected chi connectivity index (χ1v) is 5.91. The third-order valence-corrected chi connectivity index (χ3v) is 2.18. The van der Waals surface area contributed by atoms with Crippen LogP contribution in [0.2, 0.25) is 0 Å². The van der Waals surface area contributed by atoms with E-state index in [2.05, 4.69) is 27.8 Å². The zero-order valence-corrected chi connectivity index (χ0v) is 10.1. The molecule has 13 heavy (non-hydrogen) atoms. The smallest absolute Gasteiger partial charge is 0.0943 e. The van der Waals surface area contributed by atoms with Crippen LogP contribution in [0.15, 0.2) is 18.7 Å². The molecule has 0 fully saturated rings. The summed E-state index contributed by atoms with van der Waals surface area (Å²) in [5, 5.41) is 1.17. The lowest BCUT2D eigenvalue weighted by atomic mass is 10.2. The van der Waals surface area contributed by atoms with Gasteiger partial charge in [-0.05, 0) is 6.42 Å². The first-order valence-electron chi connectivity index (χ1n) is 4.79. The molecule has 0 saturated carbocycles. The second-order valence-corrected chi connectivity index (χ2v) is 3.77. The highest BCUT2D eigenvalue weighted by molar-refractivity contribution is 9.09. The van der Waals surface area contributed by atoms with Gasteiger partial charge in [-0.1, -0.05) is 42.1 Å². The van der Waals surface area contributed by atoms with E-state index in [4.69, 9.17) is 0 Å². The van der Waals surface area contributed by atoms with E-state index in [1.54, 1.807) is 12.5 Å². The van der Waals surface area contributed by atoms with Crippen LogP contribution < -0.4 is 0 Å². The van der Waals surface area contributed by atoms with Gasteiger partial charge in [0, 0.05) is 24.8 Å². The van der Waals surface area contributed by atoms with E-state index in [-0.39, 0.29) is 0 Å². The largest absolute Gasteiger partial charge is 0.341 e. The van der Waals surface area contributed by atoms with Gasteiger partial charge in [0.15, 0.2) is 0 Å². The van der Waals surface area contributed by atoms with E-state index in [9.17, 15) is 0 Å². The van der Waals surface area contributed by atoms with Crippen LogP contribution >= 0.6 is 15.9 Å². The molecule has 0 aliphatic heterocycles. The van der Waals surface area contributed by atoms with Crippen molar-refractivity contribution in [1.82, 2.24) is 9.55 Å². The van der Waals surface area contributed by atoms with Gasteiger partial charge in [-0.15, -0.1) is 0 Å². The predicted octanol–water partition coefficient (Wildman–Crippen LogP) is 3.38. The molecule has 1 heterocycles. The van der Waals surface area contributed by atoms with Crippen molar-refractivity contribution in [1.29, 1.82) is 0 Å². The van der Waals surface area contributed by atoms with Gasteiger partial charge in [0.2, 0.25) is 0 Å². The van der Waals surface area contributed by atoms with E-state index in [1.165, 1.54) is 31.0 Å². The highest BCUT2D eigenvalue weighted by atomic mass is 79.9. The summed E-state index contributed by atoms with van der Waals surface area (Å²) in [6.07, 6.45) is 10.9. The van der Waals surface area contributed by atoms with Crippen molar-refractivity contribution in [3.8, 4) is 0 Å². The lowest BCUT2D eigenvalue weighted by molar-refractivity contribution is 0.708. The number of hydrogen-bond acceptors (Lipinski definition) is 1. The zero-order chi connectivity index (χ0) is 9.94. The van der Waals surface area contributed by atoms with Gasteiger partial charge in [-0.3, -0.25) is 0 Å². The highest BCUT2D eigenvalue weighted by Gasteiger charge is 1.81. The Hall–Kier alpha value is -0.310. The molecule has 0 aliphatic carbocycles. The Morgan fingerprint density at radius 2 is 2.08 bits per heavy atom. The summed E-state index contributed by atoms with van der Waals surface area (Å²) in [5.74, 6) is 0. The summed E-state index contributed by atoms with van der Waals surface area (Å²) in [6, 6.07) is 0. The summed E-state index contributed by atoms with van der Waals surface area (Å²) >= 11 is 3.38. The zero-order valence-electron chi connectivity index (χ0n) is 8.54. The van der Waals surface area contributed by atoms with Crippen molar-refractivity contribution in [2.24, 2.45) is 7.05 Å². The maximum absolute atomic E-state index is 3.78. The topological polar surface area (TPSA) is 17.8 Å². The van der Waals surface area contributed by atoms with E-state index in [0.29, 0.717) is 0 Å². The SMILES string of the molecule is CCCCCCBr.Cn1ccnc1. The van der Waals surface area contributed by atoms with Crippen LogP contribution in [0.3, 0.4) is 0 Å². The predicted molar refractivity (Wildman–Crippen MR) is 61.1 cm³/mol. The van der Waals surface area contributed by atoms with Crippen molar-refractivity contribution >= 4 is 15.9 Å². The maximum atomic E-state index is 3.78. The Morgan fingerprint density at radius 3 is 2.38 bits per heavy atom. The first kappa shape index (κ1) is 12.7. The Labute approximate surface area is 89.5 Å². The summed E-state index contributed by atoms with van der Waals surface area (Å²) < 4.78 is 1.89. The van der Waals surface area contributed by atoms with Crippen molar-refractivity contribution in [2.45, 2.75) is 32.6 Å². The molecule has 2 nitrogen and oxygen atoms in total. The molecule has 0 spiro atoms. The molecule has 0 N–H and O–H groups in total. The highest BCUT2D eigenvalue weighted by Crippen LogP contribution is 1.99. The first-order chi connectivity index (χ1) is 6.31. The molecule has 1 aromatic rings. The molecule has 0 aromatic carbocycles. The average molecular weight is 247 g/mol. The van der Waals surface area contributed by atoms with Crippen molar-refractivity contribution in [2.75, 3.05) is 5.33 Å². The van der Waals surface area contributed by atoms with Crippen LogP contribution in [0.4, 0.5) is 0 Å². The van der Waals surface area contributed by atoms with Crippen molar-refractivity contribution < 1.29 is 0 Å². The van der Waals surface area contributed by atoms with Gasteiger partial charge >= 0.3 is 0 Å². The molecule has 0 saturated heterocycles. The number of unbranched alkanes of at least 4 members (excludes halogenated alkanes) is 3. The summed E-state index contributed by atoms with van der Waals surface area (Å²) in [4.78, 5) is 3.78. The summed E-state index contributed by atoms with van der Waals surface area (Å²) in [5.41, 5.74) is 0. The Bertz CT molecular complexity index is 169. The fraction of sp³-hybridized carbons (Fsp3) is 0.700. The maximum Gasteiger partial charge on any atom is 0.0943 e. The van der Waals surface area contributed by atoms with Crippen LogP contribution in [0, 0.1) is 0 Å². The number of alkyl halides is 1. The lowest BCUT2D eigenvalue weighted by Crippen LogP contribution is -1.76. The molecule has 1 rings (SSSR count). The molecule has 0 bridgehead atoms. The van der Waals surface area contributed by atoms with Gasteiger partial charge in [0.25, 0.3) is 0 Å².